The van der Waals surface area contributed by atoms with E-state index >= 15 is 0 Å². The average Bonchev–Trinajstić information content (AvgIpc) is 2.52. The molecule has 0 radical (unpaired) electrons. The van der Waals surface area contributed by atoms with Crippen molar-refractivity contribution in [3.63, 3.8) is 0 Å². The van der Waals surface area contributed by atoms with E-state index in [-0.39, 0.29) is 0 Å². The van der Waals surface area contributed by atoms with Gasteiger partial charge in [0.1, 0.15) is 12.4 Å². The van der Waals surface area contributed by atoms with E-state index in [4.69, 9.17) is 4.74 Å². The van der Waals surface area contributed by atoms with E-state index in [0.29, 0.717) is 6.61 Å². The molecule has 112 valence electrons. The molecule has 0 heterocycles. The maximum Gasteiger partial charge on any atom is 0.119 e. The highest BCUT2D eigenvalue weighted by atomic mass is 16.5. The summed E-state index contributed by atoms with van der Waals surface area (Å²) in [4.78, 5) is 2.34. The zero-order valence-electron chi connectivity index (χ0n) is 13.3. The van der Waals surface area contributed by atoms with Gasteiger partial charge in [0.2, 0.25) is 0 Å². The van der Waals surface area contributed by atoms with Crippen LogP contribution >= 0.6 is 0 Å². The summed E-state index contributed by atoms with van der Waals surface area (Å²) >= 11 is 0. The second-order valence-electron chi connectivity index (χ2n) is 5.26. The van der Waals surface area contributed by atoms with Crippen molar-refractivity contribution >= 4 is 5.69 Å². The lowest BCUT2D eigenvalue weighted by molar-refractivity contribution is 0.324. The topological polar surface area (TPSA) is 12.5 Å². The first-order chi connectivity index (χ1) is 10.2. The minimum absolute atomic E-state index is 0.702. The van der Waals surface area contributed by atoms with Crippen LogP contribution in [0.25, 0.3) is 0 Å². The van der Waals surface area contributed by atoms with Gasteiger partial charge in [-0.3, -0.25) is 0 Å². The molecule has 0 aromatic heterocycles. The summed E-state index contributed by atoms with van der Waals surface area (Å²) in [5.74, 6) is 0.951. The Labute approximate surface area is 128 Å². The van der Waals surface area contributed by atoms with Crippen molar-refractivity contribution in [3.05, 3.63) is 59.7 Å². The van der Waals surface area contributed by atoms with E-state index in [1.54, 1.807) is 0 Å². The number of hydrogen-bond donors (Lipinski definition) is 0. The minimum atomic E-state index is 0.702. The molecular formula is C19H25NO. The molecular weight excluding hydrogens is 258 g/mol. The molecule has 0 N–H and O–H groups in total. The Morgan fingerprint density at radius 1 is 1.00 bits per heavy atom. The molecule has 2 heteroatoms. The molecule has 0 spiro atoms. The molecule has 21 heavy (non-hydrogen) atoms. The molecule has 0 saturated heterocycles. The molecule has 0 aliphatic rings. The zero-order chi connectivity index (χ0) is 15.1. The molecule has 0 aliphatic carbocycles. The van der Waals surface area contributed by atoms with Crippen LogP contribution in [0.3, 0.4) is 0 Å². The highest BCUT2D eigenvalue weighted by molar-refractivity contribution is 5.48. The molecule has 0 bridgehead atoms. The molecule has 2 rings (SSSR count). The van der Waals surface area contributed by atoms with Crippen molar-refractivity contribution in [3.8, 4) is 5.75 Å². The Hall–Kier alpha value is -1.96. The monoisotopic (exact) mass is 283 g/mol. The third-order valence-corrected chi connectivity index (χ3v) is 3.71. The van der Waals surface area contributed by atoms with Crippen molar-refractivity contribution in [2.45, 2.75) is 27.2 Å². The van der Waals surface area contributed by atoms with E-state index in [1.165, 1.54) is 16.8 Å². The highest BCUT2D eigenvalue weighted by Crippen LogP contribution is 2.16. The first kappa shape index (κ1) is 15.4. The fraction of sp³-hybridized carbons (Fsp3) is 0.368. The number of likely N-dealkylation sites (N-methyl/N-ethyl adjacent to an activating group) is 1. The van der Waals surface area contributed by atoms with Crippen molar-refractivity contribution in [2.75, 3.05) is 24.6 Å². The van der Waals surface area contributed by atoms with E-state index in [0.717, 1.165) is 25.3 Å². The fourth-order valence-corrected chi connectivity index (χ4v) is 2.39. The Balaban J connectivity index is 1.88. The number of rotatable bonds is 7. The fourth-order valence-electron chi connectivity index (χ4n) is 2.39. The van der Waals surface area contributed by atoms with Crippen molar-refractivity contribution < 1.29 is 4.74 Å². The van der Waals surface area contributed by atoms with Crippen LogP contribution < -0.4 is 9.64 Å². The van der Waals surface area contributed by atoms with Crippen LogP contribution in [0.2, 0.25) is 0 Å². The minimum Gasteiger partial charge on any atom is -0.492 e. The van der Waals surface area contributed by atoms with Gasteiger partial charge >= 0.3 is 0 Å². The maximum absolute atomic E-state index is 5.85. The van der Waals surface area contributed by atoms with E-state index in [1.807, 2.05) is 0 Å². The number of benzene rings is 2. The maximum atomic E-state index is 5.85. The zero-order valence-corrected chi connectivity index (χ0v) is 13.3. The number of nitrogens with zero attached hydrogens (tertiary/aromatic N) is 1. The van der Waals surface area contributed by atoms with Gasteiger partial charge in [0.05, 0.1) is 6.54 Å². The predicted molar refractivity (Wildman–Crippen MR) is 90.4 cm³/mol. The summed E-state index contributed by atoms with van der Waals surface area (Å²) in [6, 6.07) is 17.0. The van der Waals surface area contributed by atoms with E-state index in [9.17, 15) is 0 Å². The molecule has 0 fully saturated rings. The summed E-state index contributed by atoms with van der Waals surface area (Å²) in [7, 11) is 0. The highest BCUT2D eigenvalue weighted by Gasteiger charge is 2.04. The normalized spacial score (nSPS) is 10.4. The van der Waals surface area contributed by atoms with Crippen LogP contribution in [0.5, 0.6) is 5.75 Å². The van der Waals surface area contributed by atoms with Crippen LogP contribution in [0.15, 0.2) is 48.5 Å². The molecule has 0 amide bonds. The van der Waals surface area contributed by atoms with Crippen molar-refractivity contribution in [1.29, 1.82) is 0 Å². The van der Waals surface area contributed by atoms with Crippen LogP contribution in [0.4, 0.5) is 5.69 Å². The second-order valence-corrected chi connectivity index (χ2v) is 5.26. The lowest BCUT2D eigenvalue weighted by Gasteiger charge is -2.23. The summed E-state index contributed by atoms with van der Waals surface area (Å²) < 4.78 is 5.85. The predicted octanol–water partition coefficient (Wildman–Crippen LogP) is 4.46. The Kier molecular flexibility index (Phi) is 5.68. The molecule has 0 atom stereocenters. The van der Waals surface area contributed by atoms with Gasteiger partial charge in [0.15, 0.2) is 0 Å². The lowest BCUT2D eigenvalue weighted by atomic mass is 10.2. The van der Waals surface area contributed by atoms with Crippen LogP contribution in [0, 0.1) is 6.92 Å². The first-order valence-corrected chi connectivity index (χ1v) is 7.76. The Morgan fingerprint density at radius 2 is 1.76 bits per heavy atom. The van der Waals surface area contributed by atoms with Gasteiger partial charge in [-0.25, -0.2) is 0 Å². The standard InChI is InChI=1S/C19H25NO/c1-4-17-9-11-19(12-10-17)21-14-13-20(5-2)18-8-6-7-16(3)15-18/h6-12,15H,4-5,13-14H2,1-3H3. The SMILES string of the molecule is CCc1ccc(OCCN(CC)c2cccc(C)c2)cc1. The number of anilines is 1. The molecule has 0 aliphatic heterocycles. The summed E-state index contributed by atoms with van der Waals surface area (Å²) in [5, 5.41) is 0. The van der Waals surface area contributed by atoms with Gasteiger partial charge in [0.25, 0.3) is 0 Å². The third-order valence-electron chi connectivity index (χ3n) is 3.71. The van der Waals surface area contributed by atoms with Crippen molar-refractivity contribution in [1.82, 2.24) is 0 Å². The molecule has 2 nitrogen and oxygen atoms in total. The largest absolute Gasteiger partial charge is 0.492 e. The van der Waals surface area contributed by atoms with E-state index in [2.05, 4.69) is 74.2 Å². The molecule has 0 unspecified atom stereocenters. The molecule has 2 aromatic rings. The van der Waals surface area contributed by atoms with Gasteiger partial charge in [-0.05, 0) is 55.7 Å². The average molecular weight is 283 g/mol. The summed E-state index contributed by atoms with van der Waals surface area (Å²) in [6.45, 7) is 9.06. The van der Waals surface area contributed by atoms with Gasteiger partial charge in [-0.15, -0.1) is 0 Å². The second kappa shape index (κ2) is 7.72. The smallest absolute Gasteiger partial charge is 0.119 e. The molecule has 2 aromatic carbocycles. The molecule has 0 saturated carbocycles. The van der Waals surface area contributed by atoms with E-state index < -0.39 is 0 Å². The van der Waals surface area contributed by atoms with Crippen LogP contribution in [-0.2, 0) is 6.42 Å². The van der Waals surface area contributed by atoms with Gasteiger partial charge in [-0.1, -0.05) is 31.2 Å². The van der Waals surface area contributed by atoms with Crippen LogP contribution in [-0.4, -0.2) is 19.7 Å². The summed E-state index contributed by atoms with van der Waals surface area (Å²) in [5.41, 5.74) is 3.90. The summed E-state index contributed by atoms with van der Waals surface area (Å²) in [6.07, 6.45) is 1.07. The van der Waals surface area contributed by atoms with Crippen LogP contribution in [0.1, 0.15) is 25.0 Å². The van der Waals surface area contributed by atoms with Gasteiger partial charge < -0.3 is 9.64 Å². The number of ether oxygens (including phenoxy) is 1. The Morgan fingerprint density at radius 3 is 2.38 bits per heavy atom. The van der Waals surface area contributed by atoms with Crippen molar-refractivity contribution in [2.24, 2.45) is 0 Å². The first-order valence-electron chi connectivity index (χ1n) is 7.76. The number of hydrogen-bond acceptors (Lipinski definition) is 2. The van der Waals surface area contributed by atoms with Gasteiger partial charge in [0, 0.05) is 12.2 Å². The lowest BCUT2D eigenvalue weighted by Crippen LogP contribution is -2.28. The number of aryl methyl sites for hydroxylation is 2. The third kappa shape index (κ3) is 4.52. The Bertz CT molecular complexity index is 548. The quantitative estimate of drug-likeness (QED) is 0.743. The van der Waals surface area contributed by atoms with Gasteiger partial charge in [-0.2, -0.15) is 0 Å².